The average molecular weight is 355 g/mol. The van der Waals surface area contributed by atoms with E-state index in [9.17, 15) is 0 Å². The molecule has 0 saturated carbocycles. The van der Waals surface area contributed by atoms with Gasteiger partial charge in [0, 0.05) is 11.6 Å². The van der Waals surface area contributed by atoms with Gasteiger partial charge in [-0.15, -0.1) is 11.3 Å². The van der Waals surface area contributed by atoms with E-state index in [0.717, 1.165) is 39.5 Å². The van der Waals surface area contributed by atoms with Crippen LogP contribution in [0.4, 0.5) is 0 Å². The highest BCUT2D eigenvalue weighted by Crippen LogP contribution is 2.42. The molecule has 20 heavy (non-hydrogen) atoms. The molecule has 1 aromatic heterocycles. The number of thiazole rings is 1. The normalized spacial score (nSPS) is 14.5. The first kappa shape index (κ1) is 13.9. The van der Waals surface area contributed by atoms with E-state index in [0.29, 0.717) is 0 Å². The zero-order valence-electron chi connectivity index (χ0n) is 11.1. The fourth-order valence-electron chi connectivity index (χ4n) is 2.17. The van der Waals surface area contributed by atoms with Crippen LogP contribution in [-0.2, 0) is 0 Å². The van der Waals surface area contributed by atoms with Crippen molar-refractivity contribution >= 4 is 27.3 Å². The SMILES string of the molecule is CCCNC(c1cc(Br)c2c(c1)OCO2)c1nccs1. The van der Waals surface area contributed by atoms with Gasteiger partial charge in [0.05, 0.1) is 10.5 Å². The zero-order chi connectivity index (χ0) is 13.9. The minimum Gasteiger partial charge on any atom is -0.454 e. The fraction of sp³-hybridized carbons (Fsp3) is 0.357. The molecule has 0 aliphatic carbocycles. The summed E-state index contributed by atoms with van der Waals surface area (Å²) in [4.78, 5) is 4.44. The molecule has 2 aromatic rings. The number of fused-ring (bicyclic) bond motifs is 1. The predicted molar refractivity (Wildman–Crippen MR) is 82.5 cm³/mol. The molecule has 1 aliphatic rings. The first-order valence-corrected chi connectivity index (χ1v) is 8.18. The lowest BCUT2D eigenvalue weighted by molar-refractivity contribution is 0.173. The number of halogens is 1. The van der Waals surface area contributed by atoms with Gasteiger partial charge < -0.3 is 14.8 Å². The van der Waals surface area contributed by atoms with Gasteiger partial charge in [-0.2, -0.15) is 0 Å². The van der Waals surface area contributed by atoms with Crippen LogP contribution in [0.5, 0.6) is 11.5 Å². The van der Waals surface area contributed by atoms with Crippen LogP contribution in [0.1, 0.15) is 30.0 Å². The lowest BCUT2D eigenvalue weighted by Gasteiger charge is -2.17. The van der Waals surface area contributed by atoms with Crippen molar-refractivity contribution in [2.45, 2.75) is 19.4 Å². The van der Waals surface area contributed by atoms with E-state index < -0.39 is 0 Å². The minimum absolute atomic E-state index is 0.0840. The highest BCUT2D eigenvalue weighted by atomic mass is 79.9. The summed E-state index contributed by atoms with van der Waals surface area (Å²) < 4.78 is 11.8. The lowest BCUT2D eigenvalue weighted by Crippen LogP contribution is -2.23. The van der Waals surface area contributed by atoms with Crippen molar-refractivity contribution in [1.29, 1.82) is 0 Å². The molecule has 0 amide bonds. The van der Waals surface area contributed by atoms with Crippen LogP contribution >= 0.6 is 27.3 Å². The smallest absolute Gasteiger partial charge is 0.231 e. The standard InChI is InChI=1S/C14H15BrN2O2S/c1-2-3-16-12(14-17-4-5-20-14)9-6-10(15)13-11(7-9)18-8-19-13/h4-7,12,16H,2-3,8H2,1H3. The van der Waals surface area contributed by atoms with Gasteiger partial charge >= 0.3 is 0 Å². The van der Waals surface area contributed by atoms with Crippen LogP contribution in [0.25, 0.3) is 0 Å². The first-order chi connectivity index (χ1) is 9.79. The molecule has 0 fully saturated rings. The second-order valence-corrected chi connectivity index (χ2v) is 6.27. The van der Waals surface area contributed by atoms with Crippen molar-refractivity contribution in [3.63, 3.8) is 0 Å². The second kappa shape index (κ2) is 6.11. The highest BCUT2D eigenvalue weighted by molar-refractivity contribution is 9.10. The zero-order valence-corrected chi connectivity index (χ0v) is 13.5. The van der Waals surface area contributed by atoms with Crippen molar-refractivity contribution in [3.05, 3.63) is 38.8 Å². The molecular weight excluding hydrogens is 340 g/mol. The molecule has 0 radical (unpaired) electrons. The lowest BCUT2D eigenvalue weighted by atomic mass is 10.1. The third-order valence-electron chi connectivity index (χ3n) is 3.08. The van der Waals surface area contributed by atoms with Gasteiger partial charge in [-0.05, 0) is 46.6 Å². The number of hydrogen-bond donors (Lipinski definition) is 1. The van der Waals surface area contributed by atoms with Crippen molar-refractivity contribution in [2.75, 3.05) is 13.3 Å². The van der Waals surface area contributed by atoms with Gasteiger partial charge in [0.1, 0.15) is 5.01 Å². The molecule has 0 bridgehead atoms. The molecule has 0 saturated heterocycles. The third kappa shape index (κ3) is 2.68. The summed E-state index contributed by atoms with van der Waals surface area (Å²) in [5.74, 6) is 1.57. The Hall–Kier alpha value is -1.11. The minimum atomic E-state index is 0.0840. The summed E-state index contributed by atoms with van der Waals surface area (Å²) in [6, 6.07) is 4.19. The van der Waals surface area contributed by atoms with E-state index in [1.54, 1.807) is 11.3 Å². The maximum atomic E-state index is 5.49. The Morgan fingerprint density at radius 3 is 3.10 bits per heavy atom. The summed E-state index contributed by atoms with van der Waals surface area (Å²) in [7, 11) is 0. The van der Waals surface area contributed by atoms with Gasteiger partial charge in [0.25, 0.3) is 0 Å². The monoisotopic (exact) mass is 354 g/mol. The van der Waals surface area contributed by atoms with Crippen molar-refractivity contribution < 1.29 is 9.47 Å². The van der Waals surface area contributed by atoms with Crippen LogP contribution < -0.4 is 14.8 Å². The van der Waals surface area contributed by atoms with E-state index in [2.05, 4.69) is 39.2 Å². The van der Waals surface area contributed by atoms with Crippen LogP contribution in [-0.4, -0.2) is 18.3 Å². The number of rotatable bonds is 5. The van der Waals surface area contributed by atoms with Gasteiger partial charge in [0.15, 0.2) is 11.5 Å². The van der Waals surface area contributed by atoms with E-state index in [-0.39, 0.29) is 12.8 Å². The van der Waals surface area contributed by atoms with Gasteiger partial charge in [0.2, 0.25) is 6.79 Å². The number of ether oxygens (including phenoxy) is 2. The largest absolute Gasteiger partial charge is 0.454 e. The summed E-state index contributed by atoms with van der Waals surface area (Å²) >= 11 is 5.20. The van der Waals surface area contributed by atoms with Gasteiger partial charge in [-0.3, -0.25) is 0 Å². The van der Waals surface area contributed by atoms with E-state index in [4.69, 9.17) is 9.47 Å². The summed E-state index contributed by atoms with van der Waals surface area (Å²) in [5, 5.41) is 6.59. The number of nitrogens with zero attached hydrogens (tertiary/aromatic N) is 1. The maximum Gasteiger partial charge on any atom is 0.231 e. The van der Waals surface area contributed by atoms with Crippen molar-refractivity contribution in [3.8, 4) is 11.5 Å². The van der Waals surface area contributed by atoms with E-state index in [1.807, 2.05) is 17.6 Å². The Balaban J connectivity index is 1.97. The molecule has 6 heteroatoms. The molecule has 1 N–H and O–H groups in total. The maximum absolute atomic E-state index is 5.49. The van der Waals surface area contributed by atoms with Crippen molar-refractivity contribution in [1.82, 2.24) is 10.3 Å². The quantitative estimate of drug-likeness (QED) is 0.888. The van der Waals surface area contributed by atoms with Crippen molar-refractivity contribution in [2.24, 2.45) is 0 Å². The fourth-order valence-corrected chi connectivity index (χ4v) is 3.48. The van der Waals surface area contributed by atoms with Crippen LogP contribution in [0, 0.1) is 0 Å². The van der Waals surface area contributed by atoms with Crippen LogP contribution in [0.15, 0.2) is 28.2 Å². The summed E-state index contributed by atoms with van der Waals surface area (Å²) in [6.45, 7) is 3.37. The Morgan fingerprint density at radius 2 is 2.35 bits per heavy atom. The Labute approximate surface area is 130 Å². The molecule has 1 atom stereocenters. The average Bonchev–Trinajstić information content (AvgIpc) is 3.09. The molecule has 4 nitrogen and oxygen atoms in total. The molecule has 106 valence electrons. The van der Waals surface area contributed by atoms with Crippen LogP contribution in [0.3, 0.4) is 0 Å². The Kier molecular flexibility index (Phi) is 4.24. The molecular formula is C14H15BrN2O2S. The molecule has 1 unspecified atom stereocenters. The third-order valence-corrected chi connectivity index (χ3v) is 4.51. The van der Waals surface area contributed by atoms with Gasteiger partial charge in [-0.25, -0.2) is 4.98 Å². The Bertz CT molecular complexity index is 589. The first-order valence-electron chi connectivity index (χ1n) is 6.51. The Morgan fingerprint density at radius 1 is 1.45 bits per heavy atom. The number of hydrogen-bond acceptors (Lipinski definition) is 5. The number of aromatic nitrogens is 1. The summed E-state index contributed by atoms with van der Waals surface area (Å²) in [6.07, 6.45) is 2.91. The molecule has 2 heterocycles. The predicted octanol–water partition coefficient (Wildman–Crippen LogP) is 3.72. The van der Waals surface area contributed by atoms with E-state index in [1.165, 1.54) is 0 Å². The summed E-state index contributed by atoms with van der Waals surface area (Å²) in [5.41, 5.74) is 1.13. The molecule has 3 rings (SSSR count). The van der Waals surface area contributed by atoms with Crippen LogP contribution in [0.2, 0.25) is 0 Å². The number of nitrogens with one attached hydrogen (secondary N) is 1. The molecule has 1 aromatic carbocycles. The molecule has 0 spiro atoms. The highest BCUT2D eigenvalue weighted by Gasteiger charge is 2.23. The number of benzene rings is 1. The topological polar surface area (TPSA) is 43.4 Å². The van der Waals surface area contributed by atoms with Gasteiger partial charge in [-0.1, -0.05) is 6.92 Å². The molecule has 1 aliphatic heterocycles. The second-order valence-electron chi connectivity index (χ2n) is 4.49. The van der Waals surface area contributed by atoms with E-state index >= 15 is 0 Å².